The lowest BCUT2D eigenvalue weighted by molar-refractivity contribution is -0.121. The van der Waals surface area contributed by atoms with Crippen LogP contribution >= 0.6 is 0 Å². The number of rotatable bonds is 7. The molecule has 0 saturated carbocycles. The van der Waals surface area contributed by atoms with E-state index in [2.05, 4.69) is 10.4 Å². The first-order valence-electron chi connectivity index (χ1n) is 8.41. The zero-order valence-electron chi connectivity index (χ0n) is 14.6. The highest BCUT2D eigenvalue weighted by Crippen LogP contribution is 2.33. The third-order valence-corrected chi connectivity index (χ3v) is 3.85. The molecule has 1 N–H and O–H groups in total. The van der Waals surface area contributed by atoms with E-state index in [1.807, 2.05) is 18.2 Å². The minimum Gasteiger partial charge on any atom is -0.486 e. The Balaban J connectivity index is 1.73. The molecule has 8 heteroatoms. The molecule has 2 aromatic rings. The van der Waals surface area contributed by atoms with Crippen LogP contribution in [0.4, 0.5) is 0 Å². The molecule has 1 amide bonds. The lowest BCUT2D eigenvalue weighted by Gasteiger charge is -2.18. The molecular formula is C18H21N3O5. The zero-order valence-corrected chi connectivity index (χ0v) is 14.6. The van der Waals surface area contributed by atoms with E-state index in [1.165, 1.54) is 6.07 Å². The number of carbonyl (C=O) groups excluding carboxylic acids is 1. The van der Waals surface area contributed by atoms with Crippen LogP contribution in [0.5, 0.6) is 11.5 Å². The molecule has 0 radical (unpaired) electrons. The highest BCUT2D eigenvalue weighted by Gasteiger charge is 2.14. The number of methoxy groups -OCH3 is 1. The number of ether oxygens (including phenoxy) is 3. The largest absolute Gasteiger partial charge is 0.486 e. The summed E-state index contributed by atoms with van der Waals surface area (Å²) >= 11 is 0. The van der Waals surface area contributed by atoms with Gasteiger partial charge in [-0.2, -0.15) is 5.10 Å². The Labute approximate surface area is 150 Å². The number of carbonyl (C=O) groups is 1. The van der Waals surface area contributed by atoms with Crippen molar-refractivity contribution in [3.8, 4) is 22.8 Å². The molecule has 0 atom stereocenters. The van der Waals surface area contributed by atoms with E-state index in [0.29, 0.717) is 50.0 Å². The molecule has 1 aliphatic heterocycles. The Bertz CT molecular complexity index is 834. The Morgan fingerprint density at radius 1 is 1.23 bits per heavy atom. The molecule has 26 heavy (non-hydrogen) atoms. The van der Waals surface area contributed by atoms with Crippen molar-refractivity contribution >= 4 is 5.91 Å². The number of hydrogen-bond acceptors (Lipinski definition) is 6. The topological polar surface area (TPSA) is 91.7 Å². The summed E-state index contributed by atoms with van der Waals surface area (Å²) in [5.41, 5.74) is 1.02. The quantitative estimate of drug-likeness (QED) is 0.737. The Morgan fingerprint density at radius 2 is 2.04 bits per heavy atom. The fourth-order valence-electron chi connectivity index (χ4n) is 2.56. The molecule has 0 aliphatic carbocycles. The van der Waals surface area contributed by atoms with Crippen molar-refractivity contribution in [1.29, 1.82) is 0 Å². The van der Waals surface area contributed by atoms with Crippen molar-refractivity contribution in [2.45, 2.75) is 13.0 Å². The summed E-state index contributed by atoms with van der Waals surface area (Å²) in [5, 5.41) is 7.04. The van der Waals surface area contributed by atoms with E-state index in [0.717, 1.165) is 10.2 Å². The molecule has 1 aromatic heterocycles. The van der Waals surface area contributed by atoms with Crippen LogP contribution in [0.2, 0.25) is 0 Å². The van der Waals surface area contributed by atoms with Gasteiger partial charge >= 0.3 is 0 Å². The molecule has 8 nitrogen and oxygen atoms in total. The van der Waals surface area contributed by atoms with Crippen molar-refractivity contribution in [3.63, 3.8) is 0 Å². The maximum atomic E-state index is 12.0. The van der Waals surface area contributed by atoms with Crippen LogP contribution < -0.4 is 20.3 Å². The average Bonchev–Trinajstić information content (AvgIpc) is 2.66. The highest BCUT2D eigenvalue weighted by molar-refractivity contribution is 5.75. The maximum Gasteiger partial charge on any atom is 0.267 e. The molecule has 3 rings (SSSR count). The van der Waals surface area contributed by atoms with Gasteiger partial charge in [-0.25, -0.2) is 4.68 Å². The van der Waals surface area contributed by atoms with Gasteiger partial charge in [0, 0.05) is 31.9 Å². The molecule has 0 saturated heterocycles. The Hall–Kier alpha value is -2.87. The van der Waals surface area contributed by atoms with Crippen LogP contribution in [-0.2, 0) is 16.1 Å². The highest BCUT2D eigenvalue weighted by atomic mass is 16.6. The number of benzene rings is 1. The second-order valence-corrected chi connectivity index (χ2v) is 5.77. The van der Waals surface area contributed by atoms with E-state index in [1.54, 1.807) is 13.2 Å². The fraction of sp³-hybridized carbons (Fsp3) is 0.389. The van der Waals surface area contributed by atoms with E-state index in [-0.39, 0.29) is 18.0 Å². The second-order valence-electron chi connectivity index (χ2n) is 5.77. The van der Waals surface area contributed by atoms with Crippen LogP contribution in [0, 0.1) is 0 Å². The molecule has 2 heterocycles. The third-order valence-electron chi connectivity index (χ3n) is 3.85. The first-order chi connectivity index (χ1) is 12.7. The maximum absolute atomic E-state index is 12.0. The summed E-state index contributed by atoms with van der Waals surface area (Å²) in [4.78, 5) is 24.0. The number of nitrogens with zero attached hydrogens (tertiary/aromatic N) is 2. The minimum atomic E-state index is -0.335. The van der Waals surface area contributed by atoms with Crippen LogP contribution in [0.1, 0.15) is 6.42 Å². The number of aromatic nitrogens is 2. The monoisotopic (exact) mass is 359 g/mol. The Morgan fingerprint density at radius 3 is 2.85 bits per heavy atom. The third kappa shape index (κ3) is 4.40. The SMILES string of the molecule is COCCCNC(=O)Cn1nc(-c2ccc3c(c2)OCCO3)ccc1=O. The molecule has 0 unspecified atom stereocenters. The normalized spacial score (nSPS) is 12.7. The van der Waals surface area contributed by atoms with Gasteiger partial charge in [-0.15, -0.1) is 0 Å². The summed E-state index contributed by atoms with van der Waals surface area (Å²) < 4.78 is 17.2. The molecule has 138 valence electrons. The summed E-state index contributed by atoms with van der Waals surface area (Å²) in [5.74, 6) is 1.06. The first-order valence-corrected chi connectivity index (χ1v) is 8.41. The van der Waals surface area contributed by atoms with Crippen molar-refractivity contribution in [3.05, 3.63) is 40.7 Å². The molecule has 0 spiro atoms. The van der Waals surface area contributed by atoms with Gasteiger partial charge in [0.25, 0.3) is 5.56 Å². The average molecular weight is 359 g/mol. The lowest BCUT2D eigenvalue weighted by atomic mass is 10.1. The van der Waals surface area contributed by atoms with Crippen LogP contribution in [0.3, 0.4) is 0 Å². The molecule has 0 fully saturated rings. The predicted molar refractivity (Wildman–Crippen MR) is 94.4 cm³/mol. The standard InChI is InChI=1S/C18H21N3O5/c1-24-8-2-7-19-17(22)12-21-18(23)6-4-14(20-21)13-3-5-15-16(11-13)26-10-9-25-15/h3-6,11H,2,7-10,12H2,1H3,(H,19,22). The van der Waals surface area contributed by atoms with Gasteiger partial charge in [0.1, 0.15) is 19.8 Å². The summed E-state index contributed by atoms with van der Waals surface area (Å²) in [6.07, 6.45) is 0.710. The molecular weight excluding hydrogens is 338 g/mol. The van der Waals surface area contributed by atoms with Gasteiger partial charge < -0.3 is 19.5 Å². The first kappa shape index (κ1) is 17.9. The van der Waals surface area contributed by atoms with E-state index in [4.69, 9.17) is 14.2 Å². The fourth-order valence-corrected chi connectivity index (χ4v) is 2.56. The van der Waals surface area contributed by atoms with Gasteiger partial charge in [0.2, 0.25) is 5.91 Å². The zero-order chi connectivity index (χ0) is 18.4. The molecule has 0 bridgehead atoms. The summed E-state index contributed by atoms with van der Waals surface area (Å²) in [7, 11) is 1.61. The van der Waals surface area contributed by atoms with Gasteiger partial charge in [-0.1, -0.05) is 0 Å². The van der Waals surface area contributed by atoms with Gasteiger partial charge in [-0.3, -0.25) is 9.59 Å². The predicted octanol–water partition coefficient (Wildman–Crippen LogP) is 0.834. The minimum absolute atomic E-state index is 0.135. The van der Waals surface area contributed by atoms with Crippen LogP contribution in [0.25, 0.3) is 11.3 Å². The van der Waals surface area contributed by atoms with Crippen molar-refractivity contribution < 1.29 is 19.0 Å². The van der Waals surface area contributed by atoms with E-state index >= 15 is 0 Å². The second kappa shape index (κ2) is 8.48. The summed E-state index contributed by atoms with van der Waals surface area (Å²) in [6.45, 7) is 1.94. The van der Waals surface area contributed by atoms with E-state index < -0.39 is 0 Å². The van der Waals surface area contributed by atoms with Gasteiger partial charge in [0.15, 0.2) is 11.5 Å². The lowest BCUT2D eigenvalue weighted by Crippen LogP contribution is -2.34. The van der Waals surface area contributed by atoms with Gasteiger partial charge in [0.05, 0.1) is 5.69 Å². The van der Waals surface area contributed by atoms with Crippen molar-refractivity contribution in [2.75, 3.05) is 33.5 Å². The van der Waals surface area contributed by atoms with Crippen LogP contribution in [-0.4, -0.2) is 49.2 Å². The number of nitrogens with one attached hydrogen (secondary N) is 1. The summed E-state index contributed by atoms with van der Waals surface area (Å²) in [6, 6.07) is 8.49. The number of fused-ring (bicyclic) bond motifs is 1. The number of amides is 1. The smallest absolute Gasteiger partial charge is 0.267 e. The molecule has 1 aliphatic rings. The van der Waals surface area contributed by atoms with Crippen molar-refractivity contribution in [1.82, 2.24) is 15.1 Å². The molecule has 1 aromatic carbocycles. The number of hydrogen-bond donors (Lipinski definition) is 1. The van der Waals surface area contributed by atoms with Crippen LogP contribution in [0.15, 0.2) is 35.1 Å². The Kier molecular flexibility index (Phi) is 5.85. The van der Waals surface area contributed by atoms with Crippen molar-refractivity contribution in [2.24, 2.45) is 0 Å². The van der Waals surface area contributed by atoms with E-state index in [9.17, 15) is 9.59 Å². The van der Waals surface area contributed by atoms with Gasteiger partial charge in [-0.05, 0) is 30.7 Å².